The third-order valence-corrected chi connectivity index (χ3v) is 3.27. The number of aromatic nitrogens is 1. The molecule has 21 heavy (non-hydrogen) atoms. The minimum Gasteiger partial charge on any atom is -0.438 e. The maximum atomic E-state index is 8.93. The van der Waals surface area contributed by atoms with Crippen molar-refractivity contribution in [2.75, 3.05) is 0 Å². The van der Waals surface area contributed by atoms with Crippen LogP contribution < -0.4 is 10.5 Å². The zero-order chi connectivity index (χ0) is 15.6. The van der Waals surface area contributed by atoms with Crippen molar-refractivity contribution in [1.29, 1.82) is 0 Å². The lowest BCUT2D eigenvalue weighted by Crippen LogP contribution is -2.17. The number of nitrogens with zero attached hydrogens (tertiary/aromatic N) is 2. The Balaban J connectivity index is 2.55. The molecule has 0 spiro atoms. The van der Waals surface area contributed by atoms with E-state index < -0.39 is 0 Å². The number of ether oxygens (including phenoxy) is 1. The third-order valence-electron chi connectivity index (χ3n) is 3.03. The molecule has 0 aliphatic heterocycles. The summed E-state index contributed by atoms with van der Waals surface area (Å²) in [6, 6.07) is 7.17. The molecule has 0 bridgehead atoms. The highest BCUT2D eigenvalue weighted by molar-refractivity contribution is 6.30. The number of oxime groups is 1. The van der Waals surface area contributed by atoms with E-state index in [1.54, 1.807) is 12.1 Å². The molecule has 6 heteroatoms. The molecule has 0 saturated carbocycles. The molecule has 2 aromatic rings. The molecule has 1 heterocycles. The van der Waals surface area contributed by atoms with Crippen molar-refractivity contribution in [1.82, 2.24) is 4.98 Å². The van der Waals surface area contributed by atoms with E-state index in [0.717, 1.165) is 16.8 Å². The number of amidine groups is 1. The fraction of sp³-hybridized carbons (Fsp3) is 0.200. The van der Waals surface area contributed by atoms with Crippen molar-refractivity contribution in [2.24, 2.45) is 10.9 Å². The molecule has 0 aliphatic carbocycles. The normalized spacial score (nSPS) is 11.5. The summed E-state index contributed by atoms with van der Waals surface area (Å²) in [4.78, 5) is 4.33. The first-order valence-corrected chi connectivity index (χ1v) is 6.70. The zero-order valence-corrected chi connectivity index (χ0v) is 12.8. The van der Waals surface area contributed by atoms with E-state index in [1.165, 1.54) is 0 Å². The lowest BCUT2D eigenvalue weighted by atomic mass is 10.1. The van der Waals surface area contributed by atoms with Crippen molar-refractivity contribution in [3.05, 3.63) is 51.7 Å². The van der Waals surface area contributed by atoms with Crippen LogP contribution in [0.4, 0.5) is 0 Å². The van der Waals surface area contributed by atoms with E-state index in [-0.39, 0.29) is 11.7 Å². The summed E-state index contributed by atoms with van der Waals surface area (Å²) in [6.07, 6.45) is 0. The Bertz CT molecular complexity index is 714. The lowest BCUT2D eigenvalue weighted by molar-refractivity contribution is 0.318. The van der Waals surface area contributed by atoms with Crippen molar-refractivity contribution in [2.45, 2.75) is 20.8 Å². The SMILES string of the molecule is Cc1cc(C)c(C(N)=NO)c(Oc2cc(Cl)ccc2C)n1. The molecule has 1 aromatic carbocycles. The molecule has 0 radical (unpaired) electrons. The van der Waals surface area contributed by atoms with Crippen molar-refractivity contribution in [3.63, 3.8) is 0 Å². The van der Waals surface area contributed by atoms with Gasteiger partial charge >= 0.3 is 0 Å². The molecule has 0 atom stereocenters. The Morgan fingerprint density at radius 3 is 2.62 bits per heavy atom. The summed E-state index contributed by atoms with van der Waals surface area (Å²) in [5.74, 6) is 0.815. The van der Waals surface area contributed by atoms with Crippen LogP contribution in [0.2, 0.25) is 5.02 Å². The van der Waals surface area contributed by atoms with Gasteiger partial charge in [-0.15, -0.1) is 0 Å². The van der Waals surface area contributed by atoms with Crippen LogP contribution in [-0.2, 0) is 0 Å². The van der Waals surface area contributed by atoms with E-state index in [2.05, 4.69) is 10.1 Å². The van der Waals surface area contributed by atoms with Gasteiger partial charge in [-0.2, -0.15) is 0 Å². The van der Waals surface area contributed by atoms with E-state index in [4.69, 9.17) is 27.3 Å². The second-order valence-corrected chi connectivity index (χ2v) is 5.19. The van der Waals surface area contributed by atoms with Crippen LogP contribution in [0.1, 0.15) is 22.4 Å². The summed E-state index contributed by atoms with van der Waals surface area (Å²) in [7, 11) is 0. The number of aryl methyl sites for hydroxylation is 3. The van der Waals surface area contributed by atoms with Gasteiger partial charge in [0.1, 0.15) is 5.75 Å². The molecule has 0 aliphatic rings. The van der Waals surface area contributed by atoms with Gasteiger partial charge in [0.25, 0.3) is 0 Å². The first kappa shape index (κ1) is 15.1. The average molecular weight is 306 g/mol. The van der Waals surface area contributed by atoms with Gasteiger partial charge in [-0.05, 0) is 50.1 Å². The predicted octanol–water partition coefficient (Wildman–Crippen LogP) is 3.55. The van der Waals surface area contributed by atoms with Gasteiger partial charge in [-0.3, -0.25) is 0 Å². The number of hydrogen-bond acceptors (Lipinski definition) is 4. The largest absolute Gasteiger partial charge is 0.438 e. The van der Waals surface area contributed by atoms with E-state index in [1.807, 2.05) is 32.9 Å². The maximum Gasteiger partial charge on any atom is 0.230 e. The minimum absolute atomic E-state index is 0.0466. The van der Waals surface area contributed by atoms with Crippen LogP contribution in [-0.4, -0.2) is 16.0 Å². The minimum atomic E-state index is -0.0466. The number of hydrogen-bond donors (Lipinski definition) is 2. The number of nitrogens with two attached hydrogens (primary N) is 1. The second-order valence-electron chi connectivity index (χ2n) is 4.76. The molecular weight excluding hydrogens is 290 g/mol. The Morgan fingerprint density at radius 2 is 1.95 bits per heavy atom. The molecule has 0 unspecified atom stereocenters. The summed E-state index contributed by atoms with van der Waals surface area (Å²) in [5, 5.41) is 12.5. The van der Waals surface area contributed by atoms with Gasteiger partial charge in [0.15, 0.2) is 5.84 Å². The molecule has 3 N–H and O–H groups in total. The Labute approximate surface area is 128 Å². The van der Waals surface area contributed by atoms with Gasteiger partial charge in [-0.25, -0.2) is 4.98 Å². The molecule has 0 fully saturated rings. The monoisotopic (exact) mass is 305 g/mol. The molecule has 5 nitrogen and oxygen atoms in total. The van der Waals surface area contributed by atoms with Crippen LogP contribution in [0, 0.1) is 20.8 Å². The van der Waals surface area contributed by atoms with E-state index in [9.17, 15) is 0 Å². The highest BCUT2D eigenvalue weighted by Crippen LogP contribution is 2.30. The summed E-state index contributed by atoms with van der Waals surface area (Å²) < 4.78 is 5.84. The predicted molar refractivity (Wildman–Crippen MR) is 82.5 cm³/mol. The topological polar surface area (TPSA) is 80.7 Å². The molecule has 0 amide bonds. The summed E-state index contributed by atoms with van der Waals surface area (Å²) >= 11 is 5.99. The fourth-order valence-electron chi connectivity index (χ4n) is 2.03. The molecule has 1 aromatic heterocycles. The van der Waals surface area contributed by atoms with Crippen LogP contribution in [0.15, 0.2) is 29.4 Å². The first-order valence-electron chi connectivity index (χ1n) is 6.32. The molecule has 2 rings (SSSR count). The van der Waals surface area contributed by atoms with Gasteiger partial charge in [0.05, 0.1) is 5.56 Å². The number of pyridine rings is 1. The standard InChI is InChI=1S/C15H16ClN3O2/c1-8-4-5-11(16)7-12(8)21-15-13(14(17)19-20)9(2)6-10(3)18-15/h4-7,20H,1-3H3,(H2,17,19). The number of rotatable bonds is 3. The third kappa shape index (κ3) is 3.25. The number of benzene rings is 1. The first-order chi connectivity index (χ1) is 9.92. The van der Waals surface area contributed by atoms with Crippen molar-refractivity contribution >= 4 is 17.4 Å². The number of halogens is 1. The fourth-order valence-corrected chi connectivity index (χ4v) is 2.19. The Morgan fingerprint density at radius 1 is 1.24 bits per heavy atom. The molecule has 0 saturated heterocycles. The highest BCUT2D eigenvalue weighted by Gasteiger charge is 2.16. The van der Waals surface area contributed by atoms with E-state index >= 15 is 0 Å². The van der Waals surface area contributed by atoms with Crippen molar-refractivity contribution < 1.29 is 9.94 Å². The molecule has 110 valence electrons. The van der Waals surface area contributed by atoms with Crippen LogP contribution in [0.5, 0.6) is 11.6 Å². The van der Waals surface area contributed by atoms with Crippen LogP contribution in [0.25, 0.3) is 0 Å². The summed E-state index contributed by atoms with van der Waals surface area (Å²) in [5.41, 5.74) is 8.68. The average Bonchev–Trinajstić information content (AvgIpc) is 2.41. The van der Waals surface area contributed by atoms with Crippen molar-refractivity contribution in [3.8, 4) is 11.6 Å². The smallest absolute Gasteiger partial charge is 0.230 e. The molecular formula is C15H16ClN3O2. The quantitative estimate of drug-likeness (QED) is 0.393. The van der Waals surface area contributed by atoms with Gasteiger partial charge in [0, 0.05) is 10.7 Å². The van der Waals surface area contributed by atoms with Crippen LogP contribution >= 0.6 is 11.6 Å². The van der Waals surface area contributed by atoms with Gasteiger partial charge in [-0.1, -0.05) is 22.8 Å². The van der Waals surface area contributed by atoms with Gasteiger partial charge < -0.3 is 15.7 Å². The maximum absolute atomic E-state index is 8.93. The lowest BCUT2D eigenvalue weighted by Gasteiger charge is -2.14. The van der Waals surface area contributed by atoms with Crippen LogP contribution in [0.3, 0.4) is 0 Å². The van der Waals surface area contributed by atoms with E-state index in [0.29, 0.717) is 16.3 Å². The van der Waals surface area contributed by atoms with Gasteiger partial charge in [0.2, 0.25) is 5.88 Å². The zero-order valence-electron chi connectivity index (χ0n) is 12.0. The highest BCUT2D eigenvalue weighted by atomic mass is 35.5. The second kappa shape index (κ2) is 6.01. The Hall–Kier alpha value is -2.27. The Kier molecular flexibility index (Phi) is 4.33. The summed E-state index contributed by atoms with van der Waals surface area (Å²) in [6.45, 7) is 5.60.